The van der Waals surface area contributed by atoms with Crippen LogP contribution < -0.4 is 0 Å². The molecule has 0 fully saturated rings. The van der Waals surface area contributed by atoms with Crippen LogP contribution in [0.3, 0.4) is 0 Å². The van der Waals surface area contributed by atoms with Gasteiger partial charge in [-0.1, -0.05) is 152 Å². The van der Waals surface area contributed by atoms with E-state index in [0.717, 1.165) is 43.0 Å². The van der Waals surface area contributed by atoms with Crippen molar-refractivity contribution in [3.63, 3.8) is 0 Å². The van der Waals surface area contributed by atoms with Crippen LogP contribution in [-0.4, -0.2) is 9.97 Å². The fraction of sp³-hybridized carbons (Fsp3) is 0. The molecule has 2 nitrogen and oxygen atoms in total. The van der Waals surface area contributed by atoms with Gasteiger partial charge in [-0.05, 0) is 102 Å². The topological polar surface area (TPSA) is 25.8 Å². The van der Waals surface area contributed by atoms with E-state index in [1.807, 2.05) is 12.4 Å². The molecular weight excluding hydrogens is 661 g/mol. The number of benzene rings is 8. The van der Waals surface area contributed by atoms with Gasteiger partial charge in [0.1, 0.15) is 5.01 Å². The molecule has 0 aliphatic heterocycles. The van der Waals surface area contributed by atoms with Crippen LogP contribution in [0.5, 0.6) is 0 Å². The van der Waals surface area contributed by atoms with Crippen molar-refractivity contribution < 1.29 is 0 Å². The summed E-state index contributed by atoms with van der Waals surface area (Å²) in [6.45, 7) is 0. The molecule has 0 atom stereocenters. The number of aromatic nitrogens is 2. The molecule has 10 aromatic rings. The highest BCUT2D eigenvalue weighted by Gasteiger charge is 2.16. The maximum Gasteiger partial charge on any atom is 0.124 e. The third-order valence-electron chi connectivity index (χ3n) is 10.2. The molecule has 2 heterocycles. The van der Waals surface area contributed by atoms with Gasteiger partial charge < -0.3 is 0 Å². The number of fused-ring (bicyclic) bond motifs is 3. The van der Waals surface area contributed by atoms with Gasteiger partial charge >= 0.3 is 0 Å². The molecule has 0 bridgehead atoms. The molecular formula is C50H32N2S. The van der Waals surface area contributed by atoms with Crippen molar-refractivity contribution in [1.82, 2.24) is 9.97 Å². The maximum atomic E-state index is 5.34. The molecule has 53 heavy (non-hydrogen) atoms. The Morgan fingerprint density at radius 3 is 1.49 bits per heavy atom. The summed E-state index contributed by atoms with van der Waals surface area (Å²) in [6, 6.07) is 65.7. The highest BCUT2D eigenvalue weighted by Crippen LogP contribution is 2.41. The summed E-state index contributed by atoms with van der Waals surface area (Å²) in [5, 5.41) is 6.04. The lowest BCUT2D eigenvalue weighted by Crippen LogP contribution is -1.87. The smallest absolute Gasteiger partial charge is 0.124 e. The summed E-state index contributed by atoms with van der Waals surface area (Å²) >= 11 is 1.75. The summed E-state index contributed by atoms with van der Waals surface area (Å²) in [6.07, 6.45) is 3.68. The average molecular weight is 693 g/mol. The molecule has 2 aromatic heterocycles. The molecule has 0 saturated heterocycles. The van der Waals surface area contributed by atoms with E-state index in [0.29, 0.717) is 0 Å². The Balaban J connectivity index is 1.09. The second kappa shape index (κ2) is 13.1. The molecule has 10 rings (SSSR count). The lowest BCUT2D eigenvalue weighted by atomic mass is 9.93. The van der Waals surface area contributed by atoms with Crippen LogP contribution in [0.4, 0.5) is 0 Å². The monoisotopic (exact) mass is 692 g/mol. The molecule has 0 N–H and O–H groups in total. The lowest BCUT2D eigenvalue weighted by Gasteiger charge is -2.11. The lowest BCUT2D eigenvalue weighted by molar-refractivity contribution is 1.33. The van der Waals surface area contributed by atoms with Crippen LogP contribution in [0.15, 0.2) is 194 Å². The molecule has 0 saturated carbocycles. The normalized spacial score (nSPS) is 11.4. The first-order chi connectivity index (χ1) is 26.2. The number of hydrogen-bond acceptors (Lipinski definition) is 3. The second-order valence-corrected chi connectivity index (χ2v) is 14.4. The van der Waals surface area contributed by atoms with Crippen molar-refractivity contribution >= 4 is 43.1 Å². The van der Waals surface area contributed by atoms with E-state index in [-0.39, 0.29) is 0 Å². The molecule has 8 aromatic carbocycles. The quantitative estimate of drug-likeness (QED) is 0.173. The van der Waals surface area contributed by atoms with Gasteiger partial charge in [-0.3, -0.25) is 4.98 Å². The minimum Gasteiger partial charge on any atom is -0.265 e. The second-order valence-electron chi connectivity index (χ2n) is 13.4. The van der Waals surface area contributed by atoms with Gasteiger partial charge in [0.05, 0.1) is 10.2 Å². The number of nitrogens with zero attached hydrogens (tertiary/aromatic N) is 2. The fourth-order valence-corrected chi connectivity index (χ4v) is 8.57. The Bertz CT molecular complexity index is 2910. The van der Waals surface area contributed by atoms with Crippen LogP contribution in [0, 0.1) is 0 Å². The van der Waals surface area contributed by atoms with Crippen LogP contribution in [0.2, 0.25) is 0 Å². The van der Waals surface area contributed by atoms with Gasteiger partial charge in [-0.15, -0.1) is 11.3 Å². The van der Waals surface area contributed by atoms with Crippen molar-refractivity contribution in [2.24, 2.45) is 0 Å². The molecule has 0 radical (unpaired) electrons. The zero-order valence-corrected chi connectivity index (χ0v) is 29.6. The van der Waals surface area contributed by atoms with E-state index in [4.69, 9.17) is 4.98 Å². The van der Waals surface area contributed by atoms with E-state index >= 15 is 0 Å². The van der Waals surface area contributed by atoms with Gasteiger partial charge in [-0.2, -0.15) is 0 Å². The van der Waals surface area contributed by atoms with Crippen molar-refractivity contribution in [2.75, 3.05) is 0 Å². The number of rotatable bonds is 6. The van der Waals surface area contributed by atoms with E-state index < -0.39 is 0 Å². The highest BCUT2D eigenvalue weighted by molar-refractivity contribution is 7.21. The molecule has 3 heteroatoms. The van der Waals surface area contributed by atoms with Gasteiger partial charge in [0.2, 0.25) is 0 Å². The van der Waals surface area contributed by atoms with Crippen molar-refractivity contribution in [1.29, 1.82) is 0 Å². The summed E-state index contributed by atoms with van der Waals surface area (Å²) in [5.74, 6) is 0. The summed E-state index contributed by atoms with van der Waals surface area (Å²) in [7, 11) is 0. The first kappa shape index (κ1) is 31.1. The number of hydrogen-bond donors (Lipinski definition) is 0. The third kappa shape index (κ3) is 5.78. The Hall–Kier alpha value is -6.68. The Kier molecular flexibility index (Phi) is 7.71. The molecule has 0 amide bonds. The third-order valence-corrected chi connectivity index (χ3v) is 11.3. The molecule has 248 valence electrons. The largest absolute Gasteiger partial charge is 0.265 e. The Morgan fingerprint density at radius 1 is 0.340 bits per heavy atom. The number of pyridine rings is 1. The zero-order valence-electron chi connectivity index (χ0n) is 28.8. The van der Waals surface area contributed by atoms with Crippen LogP contribution >= 0.6 is 11.3 Å². The van der Waals surface area contributed by atoms with E-state index in [2.05, 4.69) is 187 Å². The highest BCUT2D eigenvalue weighted by atomic mass is 32.1. The van der Waals surface area contributed by atoms with Gasteiger partial charge in [0.25, 0.3) is 0 Å². The molecule has 0 unspecified atom stereocenters. The van der Waals surface area contributed by atoms with E-state index in [1.54, 1.807) is 11.3 Å². The Labute approximate surface area is 312 Å². The summed E-state index contributed by atoms with van der Waals surface area (Å²) in [5.41, 5.74) is 14.0. The fourth-order valence-electron chi connectivity index (χ4n) is 7.54. The average Bonchev–Trinajstić information content (AvgIpc) is 3.68. The van der Waals surface area contributed by atoms with Crippen LogP contribution in [0.1, 0.15) is 0 Å². The van der Waals surface area contributed by atoms with Crippen molar-refractivity contribution in [3.05, 3.63) is 194 Å². The summed E-state index contributed by atoms with van der Waals surface area (Å²) in [4.78, 5) is 9.55. The zero-order chi connectivity index (χ0) is 35.1. The van der Waals surface area contributed by atoms with Crippen molar-refractivity contribution in [2.45, 2.75) is 0 Å². The van der Waals surface area contributed by atoms with Gasteiger partial charge in [-0.25, -0.2) is 4.98 Å². The van der Waals surface area contributed by atoms with E-state index in [9.17, 15) is 0 Å². The van der Waals surface area contributed by atoms with Gasteiger partial charge in [0, 0.05) is 23.5 Å². The predicted octanol–water partition coefficient (Wildman–Crippen LogP) is 14.0. The SMILES string of the molecule is c1cc(-c2ccncc2)cc(-c2nc3c(-c4ccc(-c5cccc6ccccc56)cc4)cc(-c4ccc(-c5cccc6ccccc56)cc4)cc3s2)c1. The predicted molar refractivity (Wildman–Crippen MR) is 225 cm³/mol. The van der Waals surface area contributed by atoms with Crippen molar-refractivity contribution in [3.8, 4) is 66.2 Å². The first-order valence-corrected chi connectivity index (χ1v) is 18.7. The standard InChI is InChI=1S/C50H32N2S/c1-3-14-43-35(8-1)10-6-16-45(43)37-20-18-33(19-21-37)42-31-47(39-24-22-38(23-25-39)46-17-7-11-36-9-2-4-15-44(36)46)49-48(32-42)53-50(52-49)41-13-5-12-40(30-41)34-26-28-51-29-27-34/h1-32H. The minimum absolute atomic E-state index is 1.01. The summed E-state index contributed by atoms with van der Waals surface area (Å²) < 4.78 is 1.16. The van der Waals surface area contributed by atoms with E-state index in [1.165, 1.54) is 54.9 Å². The Morgan fingerprint density at radius 2 is 0.849 bits per heavy atom. The number of thiazole rings is 1. The van der Waals surface area contributed by atoms with Gasteiger partial charge in [0.15, 0.2) is 0 Å². The minimum atomic E-state index is 1.01. The molecule has 0 aliphatic carbocycles. The molecule has 0 spiro atoms. The van der Waals surface area contributed by atoms with Crippen LogP contribution in [-0.2, 0) is 0 Å². The maximum absolute atomic E-state index is 5.34. The van der Waals surface area contributed by atoms with Crippen LogP contribution in [0.25, 0.3) is 98.0 Å². The molecule has 0 aliphatic rings. The first-order valence-electron chi connectivity index (χ1n) is 17.9.